The Balaban J connectivity index is 1.82. The van der Waals surface area contributed by atoms with Gasteiger partial charge in [0, 0.05) is 18.2 Å². The van der Waals surface area contributed by atoms with Crippen molar-refractivity contribution in [3.63, 3.8) is 0 Å². The van der Waals surface area contributed by atoms with Gasteiger partial charge < -0.3 is 19.3 Å². The van der Waals surface area contributed by atoms with Gasteiger partial charge in [-0.25, -0.2) is 17.8 Å². The second-order valence-electron chi connectivity index (χ2n) is 9.77. The van der Waals surface area contributed by atoms with Crippen LogP contribution in [-0.2, 0) is 25.7 Å². The van der Waals surface area contributed by atoms with Crippen molar-refractivity contribution in [2.24, 2.45) is 0 Å². The lowest BCUT2D eigenvalue weighted by Crippen LogP contribution is -2.44. The minimum atomic E-state index is -4.93. The van der Waals surface area contributed by atoms with Crippen LogP contribution in [0, 0.1) is 5.82 Å². The van der Waals surface area contributed by atoms with Crippen molar-refractivity contribution in [2.45, 2.75) is 43.0 Å². The number of carbonyl (C=O) groups is 1. The fourth-order valence-electron chi connectivity index (χ4n) is 4.24. The zero-order chi connectivity index (χ0) is 32.2. The summed E-state index contributed by atoms with van der Waals surface area (Å²) in [6.45, 7) is 0.493. The Morgan fingerprint density at radius 1 is 1.25 bits per heavy atom. The lowest BCUT2D eigenvalue weighted by molar-refractivity contribution is -0.141. The molecule has 0 radical (unpaired) electrons. The monoisotopic (exact) mass is 658 g/mol. The maximum absolute atomic E-state index is 14.3. The number of esters is 1. The van der Waals surface area contributed by atoms with E-state index in [-0.39, 0.29) is 34.9 Å². The number of fused-ring (bicyclic) bond motifs is 1. The molecule has 0 saturated carbocycles. The van der Waals surface area contributed by atoms with Crippen molar-refractivity contribution in [1.29, 1.82) is 0 Å². The predicted octanol–water partition coefficient (Wildman–Crippen LogP) is 5.73. The Labute approximate surface area is 255 Å². The van der Waals surface area contributed by atoms with Gasteiger partial charge in [0.05, 0.1) is 36.0 Å². The molecule has 0 saturated heterocycles. The van der Waals surface area contributed by atoms with Crippen LogP contribution in [0.25, 0.3) is 12.2 Å². The first kappa shape index (κ1) is 33.0. The third-order valence-electron chi connectivity index (χ3n) is 6.43. The van der Waals surface area contributed by atoms with E-state index in [0.717, 1.165) is 4.31 Å². The number of benzene rings is 2. The number of pyridine rings is 1. The van der Waals surface area contributed by atoms with Crippen molar-refractivity contribution < 1.29 is 50.1 Å². The second-order valence-corrected chi connectivity index (χ2v) is 12.0. The van der Waals surface area contributed by atoms with Crippen LogP contribution in [0.3, 0.4) is 0 Å². The molecular weight excluding hydrogens is 632 g/mol. The van der Waals surface area contributed by atoms with Crippen LogP contribution in [0.15, 0.2) is 53.6 Å². The van der Waals surface area contributed by atoms with E-state index in [2.05, 4.69) is 9.72 Å². The topological polar surface area (TPSA) is 115 Å². The summed E-state index contributed by atoms with van der Waals surface area (Å²) in [6, 6.07) is 8.95. The molecule has 2 unspecified atom stereocenters. The van der Waals surface area contributed by atoms with E-state index in [0.29, 0.717) is 17.8 Å². The van der Waals surface area contributed by atoms with Crippen molar-refractivity contribution in [3.8, 4) is 11.6 Å². The van der Waals surface area contributed by atoms with Crippen molar-refractivity contribution in [1.82, 2.24) is 4.98 Å². The van der Waals surface area contributed by atoms with E-state index in [1.54, 1.807) is 6.07 Å². The molecule has 9 nitrogen and oxygen atoms in total. The maximum atomic E-state index is 14.3. The number of carbonyl (C=O) groups excluding carboxylic acids is 1. The number of hydrogen-bond donors (Lipinski definition) is 1. The van der Waals surface area contributed by atoms with Crippen molar-refractivity contribution >= 4 is 45.4 Å². The summed E-state index contributed by atoms with van der Waals surface area (Å²) >= 11 is 6.10. The molecule has 0 spiro atoms. The molecule has 2 aromatic carbocycles. The van der Waals surface area contributed by atoms with Gasteiger partial charge in [-0.05, 0) is 55.3 Å². The van der Waals surface area contributed by atoms with Gasteiger partial charge in [-0.3, -0.25) is 9.10 Å². The number of aromatic nitrogens is 1. The van der Waals surface area contributed by atoms with E-state index >= 15 is 0 Å². The minimum absolute atomic E-state index is 0.0256. The number of aliphatic hydroxyl groups is 1. The third-order valence-corrected chi connectivity index (χ3v) is 8.53. The van der Waals surface area contributed by atoms with Crippen LogP contribution < -0.4 is 13.8 Å². The standard InChI is InChI=1S/C29H27ClF4N2O7S/c1-17(37)16-42-28-26(13-19(14-35-28)29(32,33)34)44(39,40)36-15-20(8-11-27(38)41-2)43-25-10-7-18(12-24(25)36)6-9-21-22(30)4-3-5-23(21)31/h3-7,9-10,12-14,17,20,37H,8,11,15-16H2,1-2H3/b9-6+. The van der Waals surface area contributed by atoms with Crippen LogP contribution >= 0.6 is 11.6 Å². The van der Waals surface area contributed by atoms with E-state index in [1.165, 1.54) is 56.5 Å². The number of sulfonamides is 1. The minimum Gasteiger partial charge on any atom is -0.486 e. The number of hydrogen-bond acceptors (Lipinski definition) is 8. The molecule has 0 amide bonds. The molecule has 236 valence electrons. The average Bonchev–Trinajstić information content (AvgIpc) is 2.97. The molecular formula is C29H27ClF4N2O7S. The van der Waals surface area contributed by atoms with Crippen LogP contribution in [0.4, 0.5) is 23.2 Å². The molecule has 3 aromatic rings. The van der Waals surface area contributed by atoms with Gasteiger partial charge in [0.15, 0.2) is 4.90 Å². The smallest absolute Gasteiger partial charge is 0.417 e. The molecule has 1 aliphatic heterocycles. The molecule has 4 rings (SSSR count). The van der Waals surface area contributed by atoms with E-state index in [1.807, 2.05) is 0 Å². The van der Waals surface area contributed by atoms with Gasteiger partial charge in [-0.1, -0.05) is 29.8 Å². The summed E-state index contributed by atoms with van der Waals surface area (Å²) < 4.78 is 100. The molecule has 2 heterocycles. The Morgan fingerprint density at radius 3 is 2.66 bits per heavy atom. The summed E-state index contributed by atoms with van der Waals surface area (Å²) in [4.78, 5) is 14.5. The van der Waals surface area contributed by atoms with E-state index in [4.69, 9.17) is 21.1 Å². The first-order chi connectivity index (χ1) is 20.7. The molecule has 0 fully saturated rings. The van der Waals surface area contributed by atoms with Gasteiger partial charge in [0.2, 0.25) is 5.88 Å². The lowest BCUT2D eigenvalue weighted by atomic mass is 10.1. The second kappa shape index (κ2) is 13.4. The van der Waals surface area contributed by atoms with Gasteiger partial charge >= 0.3 is 12.1 Å². The lowest BCUT2D eigenvalue weighted by Gasteiger charge is -2.36. The quantitative estimate of drug-likeness (QED) is 0.167. The maximum Gasteiger partial charge on any atom is 0.417 e. The first-order valence-electron chi connectivity index (χ1n) is 13.1. The highest BCUT2D eigenvalue weighted by atomic mass is 35.5. The fourth-order valence-corrected chi connectivity index (χ4v) is 6.08. The number of ether oxygens (including phenoxy) is 3. The third kappa shape index (κ3) is 7.60. The number of methoxy groups -OCH3 is 1. The molecule has 1 aromatic heterocycles. The Kier molecular flexibility index (Phi) is 10.1. The molecule has 2 atom stereocenters. The van der Waals surface area contributed by atoms with Crippen LogP contribution in [0.5, 0.6) is 11.6 Å². The van der Waals surface area contributed by atoms with E-state index in [9.17, 15) is 35.9 Å². The van der Waals surface area contributed by atoms with Gasteiger partial charge in [-0.15, -0.1) is 0 Å². The van der Waals surface area contributed by atoms with E-state index < -0.39 is 69.7 Å². The molecule has 0 bridgehead atoms. The number of aliphatic hydroxyl groups excluding tert-OH is 1. The van der Waals surface area contributed by atoms with Crippen molar-refractivity contribution in [3.05, 3.63) is 76.2 Å². The number of nitrogens with zero attached hydrogens (tertiary/aromatic N) is 2. The summed E-state index contributed by atoms with van der Waals surface area (Å²) in [5, 5.41) is 9.78. The van der Waals surface area contributed by atoms with Gasteiger partial charge in [0.25, 0.3) is 10.0 Å². The Morgan fingerprint density at radius 2 is 2.00 bits per heavy atom. The molecule has 1 aliphatic rings. The van der Waals surface area contributed by atoms with Crippen LogP contribution in [0.2, 0.25) is 5.02 Å². The molecule has 44 heavy (non-hydrogen) atoms. The number of rotatable bonds is 10. The van der Waals surface area contributed by atoms with Gasteiger partial charge in [-0.2, -0.15) is 13.2 Å². The number of halogens is 5. The number of alkyl halides is 3. The highest BCUT2D eigenvalue weighted by Gasteiger charge is 2.40. The van der Waals surface area contributed by atoms with Crippen LogP contribution in [0.1, 0.15) is 36.5 Å². The largest absolute Gasteiger partial charge is 0.486 e. The highest BCUT2D eigenvalue weighted by Crippen LogP contribution is 2.41. The highest BCUT2D eigenvalue weighted by molar-refractivity contribution is 7.93. The molecule has 1 N–H and O–H groups in total. The SMILES string of the molecule is COC(=O)CCC1CN(S(=O)(=O)c2cc(C(F)(F)F)cnc2OCC(C)O)c2cc(/C=C/c3c(F)cccc3Cl)ccc2O1. The van der Waals surface area contributed by atoms with Gasteiger partial charge in [0.1, 0.15) is 24.3 Å². The van der Waals surface area contributed by atoms with Crippen LogP contribution in [-0.4, -0.2) is 56.9 Å². The Hall–Kier alpha value is -3.88. The zero-order valence-corrected chi connectivity index (χ0v) is 24.9. The average molecular weight is 659 g/mol. The van der Waals surface area contributed by atoms with Crippen molar-refractivity contribution in [2.75, 3.05) is 24.6 Å². The fraction of sp³-hybridized carbons (Fsp3) is 0.310. The number of anilines is 1. The summed E-state index contributed by atoms with van der Waals surface area (Å²) in [6.07, 6.45) is -3.71. The molecule has 15 heteroatoms. The predicted molar refractivity (Wildman–Crippen MR) is 153 cm³/mol. The summed E-state index contributed by atoms with van der Waals surface area (Å²) in [5.74, 6) is -1.75. The normalized spacial score (nSPS) is 15.9. The Bertz CT molecular complexity index is 1650. The summed E-state index contributed by atoms with van der Waals surface area (Å²) in [5.41, 5.74) is -0.910. The first-order valence-corrected chi connectivity index (χ1v) is 14.9. The zero-order valence-electron chi connectivity index (χ0n) is 23.3. The molecule has 0 aliphatic carbocycles. The summed E-state index contributed by atoms with van der Waals surface area (Å²) in [7, 11) is -3.66.